The molecule has 33 heavy (non-hydrogen) atoms. The van der Waals surface area contributed by atoms with Crippen molar-refractivity contribution in [2.45, 2.75) is 85.1 Å². The van der Waals surface area contributed by atoms with Crippen LogP contribution in [-0.2, 0) is 23.9 Å². The van der Waals surface area contributed by atoms with Crippen molar-refractivity contribution in [3.63, 3.8) is 0 Å². The minimum absolute atomic E-state index is 0.00596. The van der Waals surface area contributed by atoms with Gasteiger partial charge in [0.05, 0.1) is 25.4 Å². The number of rotatable bonds is 19. The Labute approximate surface area is 201 Å². The van der Waals surface area contributed by atoms with Crippen LogP contribution in [0, 0.1) is 5.41 Å². The summed E-state index contributed by atoms with van der Waals surface area (Å²) in [7, 11) is 1.68. The van der Waals surface area contributed by atoms with Crippen molar-refractivity contribution in [3.05, 3.63) is 0 Å². The molecule has 0 unspecified atom stereocenters. The van der Waals surface area contributed by atoms with Crippen molar-refractivity contribution < 1.29 is 23.9 Å². The van der Waals surface area contributed by atoms with E-state index >= 15 is 0 Å². The Morgan fingerprint density at radius 1 is 0.879 bits per heavy atom. The van der Waals surface area contributed by atoms with Crippen molar-refractivity contribution >= 4 is 18.2 Å². The normalized spacial score (nSPS) is 11.2. The number of hydrogen-bond acceptors (Lipinski definition) is 6. The number of amides is 3. The van der Waals surface area contributed by atoms with Crippen molar-refractivity contribution in [1.29, 1.82) is 0 Å². The number of nitrogens with two attached hydrogens (primary N) is 1. The fourth-order valence-electron chi connectivity index (χ4n) is 2.74. The smallest absolute Gasteiger partial charge is 0.219 e. The molecule has 0 aliphatic heterocycles. The van der Waals surface area contributed by atoms with Gasteiger partial charge in [-0.1, -0.05) is 20.8 Å². The van der Waals surface area contributed by atoms with Gasteiger partial charge >= 0.3 is 0 Å². The molecular formula is C24H50N4O5. The molecule has 5 N–H and O–H groups in total. The highest BCUT2D eigenvalue weighted by Crippen LogP contribution is 2.16. The van der Waals surface area contributed by atoms with E-state index in [1.807, 2.05) is 20.8 Å². The Balaban J connectivity index is 0. The number of hydrogen-bond donors (Lipinski definition) is 4. The zero-order valence-corrected chi connectivity index (χ0v) is 21.9. The molecule has 9 heteroatoms. The minimum atomic E-state index is -0.315. The average Bonchev–Trinajstić information content (AvgIpc) is 2.73. The van der Waals surface area contributed by atoms with Crippen LogP contribution in [0.15, 0.2) is 0 Å². The fourth-order valence-corrected chi connectivity index (χ4v) is 2.74. The fraction of sp³-hybridized carbons (Fsp3) is 0.875. The first-order valence-electron chi connectivity index (χ1n) is 12.0. The molecule has 0 saturated carbocycles. The predicted molar refractivity (Wildman–Crippen MR) is 133 cm³/mol. The molecular weight excluding hydrogens is 424 g/mol. The lowest BCUT2D eigenvalue weighted by Gasteiger charge is -2.28. The van der Waals surface area contributed by atoms with Gasteiger partial charge in [-0.3, -0.25) is 14.4 Å². The largest absolute Gasteiger partial charge is 0.384 e. The summed E-state index contributed by atoms with van der Waals surface area (Å²) in [6, 6.07) is 0. The highest BCUT2D eigenvalue weighted by molar-refractivity contribution is 5.75. The maximum atomic E-state index is 11.3. The molecule has 0 aliphatic rings. The summed E-state index contributed by atoms with van der Waals surface area (Å²) in [5.41, 5.74) is 5.04. The van der Waals surface area contributed by atoms with E-state index < -0.39 is 0 Å². The molecule has 0 atom stereocenters. The second-order valence-electron chi connectivity index (χ2n) is 9.60. The van der Waals surface area contributed by atoms with Gasteiger partial charge in [0.25, 0.3) is 0 Å². The van der Waals surface area contributed by atoms with Gasteiger partial charge in [-0.2, -0.15) is 0 Å². The SMILES string of the molecule is CCC(=O)NCCCCCNC(=O)CCCCN.COCC(C)(C)COCC(C)(C)NC=O. The van der Waals surface area contributed by atoms with Gasteiger partial charge in [-0.25, -0.2) is 0 Å². The maximum absolute atomic E-state index is 11.3. The van der Waals surface area contributed by atoms with E-state index in [0.29, 0.717) is 45.6 Å². The third-order valence-corrected chi connectivity index (χ3v) is 4.62. The molecule has 0 aliphatic carbocycles. The van der Waals surface area contributed by atoms with Gasteiger partial charge in [0.15, 0.2) is 0 Å². The van der Waals surface area contributed by atoms with E-state index in [0.717, 1.165) is 45.2 Å². The molecule has 3 amide bonds. The van der Waals surface area contributed by atoms with Gasteiger partial charge in [0, 0.05) is 38.5 Å². The van der Waals surface area contributed by atoms with Crippen LogP contribution < -0.4 is 21.7 Å². The van der Waals surface area contributed by atoms with Gasteiger partial charge in [0.1, 0.15) is 0 Å². The van der Waals surface area contributed by atoms with Crippen molar-refractivity contribution in [2.24, 2.45) is 11.1 Å². The highest BCUT2D eigenvalue weighted by Gasteiger charge is 2.21. The number of carbonyl (C=O) groups is 3. The first-order valence-corrected chi connectivity index (χ1v) is 12.0. The number of nitrogens with one attached hydrogen (secondary N) is 3. The number of carbonyl (C=O) groups excluding carboxylic acids is 3. The van der Waals surface area contributed by atoms with E-state index in [-0.39, 0.29) is 22.8 Å². The molecule has 9 nitrogen and oxygen atoms in total. The molecule has 0 fully saturated rings. The first-order chi connectivity index (χ1) is 15.5. The summed E-state index contributed by atoms with van der Waals surface area (Å²) in [5.74, 6) is 0.214. The van der Waals surface area contributed by atoms with Gasteiger partial charge < -0.3 is 31.2 Å². The number of unbranched alkanes of at least 4 members (excludes halogenated alkanes) is 3. The van der Waals surface area contributed by atoms with Crippen molar-refractivity contribution in [3.8, 4) is 0 Å². The molecule has 0 aromatic carbocycles. The lowest BCUT2D eigenvalue weighted by Crippen LogP contribution is -2.43. The Morgan fingerprint density at radius 3 is 2.00 bits per heavy atom. The Bertz CT molecular complexity index is 513. The van der Waals surface area contributed by atoms with Crippen LogP contribution in [0.1, 0.15) is 79.6 Å². The summed E-state index contributed by atoms with van der Waals surface area (Å²) < 4.78 is 10.7. The predicted octanol–water partition coefficient (Wildman–Crippen LogP) is 2.13. The molecule has 0 radical (unpaired) electrons. The van der Waals surface area contributed by atoms with Crippen LogP contribution in [0.4, 0.5) is 0 Å². The first kappa shape index (κ1) is 33.5. The maximum Gasteiger partial charge on any atom is 0.219 e. The number of methoxy groups -OCH3 is 1. The van der Waals surface area contributed by atoms with E-state index in [1.54, 1.807) is 7.11 Å². The van der Waals surface area contributed by atoms with Crippen LogP contribution in [0.3, 0.4) is 0 Å². The molecule has 0 spiro atoms. The molecule has 0 aromatic rings. The molecule has 0 rings (SSSR count). The highest BCUT2D eigenvalue weighted by atomic mass is 16.5. The lowest BCUT2D eigenvalue weighted by molar-refractivity contribution is -0.121. The molecule has 0 aromatic heterocycles. The standard InChI is InChI=1S/C13H27N3O2.C11H23NO3/c1-2-12(17)15-10-6-3-7-11-16-13(18)8-4-5-9-14;1-10(2,6-14-5)7-15-8-11(3,4)12-9-13/h2-11,14H2,1H3,(H,15,17)(H,16,18);9H,6-8H2,1-5H3,(H,12,13). The van der Waals surface area contributed by atoms with Crippen LogP contribution in [0.5, 0.6) is 0 Å². The molecule has 0 saturated heterocycles. The van der Waals surface area contributed by atoms with Gasteiger partial charge in [-0.05, 0) is 52.5 Å². The number of ether oxygens (including phenoxy) is 2. The molecule has 0 heterocycles. The third-order valence-electron chi connectivity index (χ3n) is 4.62. The zero-order valence-electron chi connectivity index (χ0n) is 21.9. The molecule has 0 bridgehead atoms. The summed E-state index contributed by atoms with van der Waals surface area (Å²) in [4.78, 5) is 32.6. The average molecular weight is 475 g/mol. The lowest BCUT2D eigenvalue weighted by atomic mass is 9.96. The van der Waals surface area contributed by atoms with E-state index in [1.165, 1.54) is 0 Å². The van der Waals surface area contributed by atoms with Gasteiger partial charge in [-0.15, -0.1) is 0 Å². The topological polar surface area (TPSA) is 132 Å². The monoisotopic (exact) mass is 474 g/mol. The molecule has 196 valence electrons. The van der Waals surface area contributed by atoms with E-state index in [4.69, 9.17) is 15.2 Å². The Kier molecular flexibility index (Phi) is 21.2. The Morgan fingerprint density at radius 2 is 1.48 bits per heavy atom. The van der Waals surface area contributed by atoms with Crippen LogP contribution in [0.25, 0.3) is 0 Å². The van der Waals surface area contributed by atoms with Crippen LogP contribution >= 0.6 is 0 Å². The Hall–Kier alpha value is -1.71. The van der Waals surface area contributed by atoms with Crippen LogP contribution in [0.2, 0.25) is 0 Å². The summed E-state index contributed by atoms with van der Waals surface area (Å²) in [6.07, 6.45) is 6.54. The van der Waals surface area contributed by atoms with Crippen molar-refractivity contribution in [1.82, 2.24) is 16.0 Å². The summed E-state index contributed by atoms with van der Waals surface area (Å²) >= 11 is 0. The van der Waals surface area contributed by atoms with Gasteiger partial charge in [0.2, 0.25) is 18.2 Å². The minimum Gasteiger partial charge on any atom is -0.384 e. The summed E-state index contributed by atoms with van der Waals surface area (Å²) in [5, 5.41) is 8.42. The zero-order chi connectivity index (χ0) is 25.6. The van der Waals surface area contributed by atoms with E-state index in [2.05, 4.69) is 29.8 Å². The van der Waals surface area contributed by atoms with Crippen molar-refractivity contribution in [2.75, 3.05) is 46.6 Å². The summed E-state index contributed by atoms with van der Waals surface area (Å²) in [6.45, 7) is 13.7. The second kappa shape index (κ2) is 20.9. The van der Waals surface area contributed by atoms with E-state index in [9.17, 15) is 14.4 Å². The second-order valence-corrected chi connectivity index (χ2v) is 9.60. The van der Waals surface area contributed by atoms with Crippen LogP contribution in [-0.4, -0.2) is 70.3 Å². The quantitative estimate of drug-likeness (QED) is 0.167. The third kappa shape index (κ3) is 24.8.